The maximum atomic E-state index is 13.5. The Hall–Kier alpha value is -0.490. The van der Waals surface area contributed by atoms with Gasteiger partial charge in [0.25, 0.3) is 0 Å². The molecule has 0 aliphatic heterocycles. The third-order valence-corrected chi connectivity index (χ3v) is 5.63. The molecule has 1 aliphatic carbocycles. The maximum absolute atomic E-state index is 13.5. The van der Waals surface area contributed by atoms with Crippen molar-refractivity contribution in [3.05, 3.63) is 28.2 Å². The molecule has 0 bridgehead atoms. The molecule has 1 aromatic rings. The lowest BCUT2D eigenvalue weighted by Crippen LogP contribution is -2.20. The van der Waals surface area contributed by atoms with E-state index in [0.29, 0.717) is 17.3 Å². The summed E-state index contributed by atoms with van der Waals surface area (Å²) in [6, 6.07) is 1.24. The molecule has 0 aromatic carbocycles. The van der Waals surface area contributed by atoms with Gasteiger partial charge in [-0.15, -0.1) is 0 Å². The topological polar surface area (TPSA) is 47.0 Å². The normalized spacial score (nSPS) is 17.5. The number of hydrogen-bond donors (Lipinski definition) is 0. The van der Waals surface area contributed by atoms with Crippen LogP contribution in [0, 0.1) is 5.82 Å². The highest BCUT2D eigenvalue weighted by molar-refractivity contribution is 9.10. The van der Waals surface area contributed by atoms with Gasteiger partial charge in [-0.25, -0.2) is 12.8 Å². The molecule has 17 heavy (non-hydrogen) atoms. The highest BCUT2D eigenvalue weighted by Gasteiger charge is 2.29. The van der Waals surface area contributed by atoms with E-state index in [1.807, 2.05) is 0 Å². The van der Waals surface area contributed by atoms with Gasteiger partial charge in [0.05, 0.1) is 16.7 Å². The fourth-order valence-corrected chi connectivity index (χ4v) is 4.29. The van der Waals surface area contributed by atoms with Crippen LogP contribution in [-0.2, 0) is 15.6 Å². The van der Waals surface area contributed by atoms with Crippen LogP contribution < -0.4 is 0 Å². The first-order chi connectivity index (χ1) is 7.99. The second-order valence-corrected chi connectivity index (χ2v) is 7.49. The molecule has 2 rings (SSSR count). The van der Waals surface area contributed by atoms with E-state index in [-0.39, 0.29) is 16.7 Å². The fourth-order valence-electron chi connectivity index (χ4n) is 2.10. The third kappa shape index (κ3) is 3.04. The van der Waals surface area contributed by atoms with Crippen molar-refractivity contribution in [1.29, 1.82) is 0 Å². The van der Waals surface area contributed by atoms with Crippen LogP contribution >= 0.6 is 15.9 Å². The number of halogens is 2. The summed E-state index contributed by atoms with van der Waals surface area (Å²) in [5.74, 6) is -0.863. The molecule has 1 heterocycles. The van der Waals surface area contributed by atoms with Crippen LogP contribution in [0.25, 0.3) is 0 Å². The van der Waals surface area contributed by atoms with E-state index in [2.05, 4.69) is 20.9 Å². The molecule has 1 saturated carbocycles. The minimum absolute atomic E-state index is 0.0140. The highest BCUT2D eigenvalue weighted by Crippen LogP contribution is 2.27. The monoisotopic (exact) mass is 321 g/mol. The lowest BCUT2D eigenvalue weighted by atomic mass is 10.4. The van der Waals surface area contributed by atoms with E-state index in [9.17, 15) is 12.8 Å². The van der Waals surface area contributed by atoms with Gasteiger partial charge in [0.1, 0.15) is 5.82 Å². The first-order valence-corrected chi connectivity index (χ1v) is 8.01. The summed E-state index contributed by atoms with van der Waals surface area (Å²) in [5, 5.41) is -0.313. The van der Waals surface area contributed by atoms with Gasteiger partial charge in [0.15, 0.2) is 9.84 Å². The molecule has 0 amide bonds. The second kappa shape index (κ2) is 5.02. The zero-order valence-corrected chi connectivity index (χ0v) is 11.6. The number of aromatic nitrogens is 1. The molecule has 1 aromatic heterocycles. The van der Waals surface area contributed by atoms with Crippen LogP contribution in [0.3, 0.4) is 0 Å². The molecule has 0 unspecified atom stereocenters. The number of nitrogens with zero attached hydrogens (tertiary/aromatic N) is 1. The largest absolute Gasteiger partial charge is 0.256 e. The summed E-state index contributed by atoms with van der Waals surface area (Å²) in [6.07, 6.45) is 4.70. The van der Waals surface area contributed by atoms with Crippen molar-refractivity contribution in [1.82, 2.24) is 4.98 Å². The minimum atomic E-state index is -3.27. The van der Waals surface area contributed by atoms with Crippen molar-refractivity contribution in [3.8, 4) is 0 Å². The van der Waals surface area contributed by atoms with E-state index >= 15 is 0 Å². The van der Waals surface area contributed by atoms with E-state index in [1.54, 1.807) is 0 Å². The number of rotatable bonds is 3. The smallest absolute Gasteiger partial charge is 0.158 e. The van der Waals surface area contributed by atoms with Crippen molar-refractivity contribution >= 4 is 25.8 Å². The molecular weight excluding hydrogens is 309 g/mol. The predicted molar refractivity (Wildman–Crippen MR) is 66.8 cm³/mol. The van der Waals surface area contributed by atoms with Crippen molar-refractivity contribution in [2.24, 2.45) is 0 Å². The Balaban J connectivity index is 2.19. The van der Waals surface area contributed by atoms with Gasteiger partial charge in [-0.05, 0) is 34.8 Å². The van der Waals surface area contributed by atoms with Crippen LogP contribution in [-0.4, -0.2) is 18.7 Å². The van der Waals surface area contributed by atoms with E-state index < -0.39 is 15.7 Å². The van der Waals surface area contributed by atoms with Crippen LogP contribution in [0.15, 0.2) is 16.7 Å². The summed E-state index contributed by atoms with van der Waals surface area (Å²) in [4.78, 5) is 3.83. The molecule has 1 fully saturated rings. The second-order valence-electron chi connectivity index (χ2n) is 4.30. The summed E-state index contributed by atoms with van der Waals surface area (Å²) in [7, 11) is -3.27. The number of hydrogen-bond acceptors (Lipinski definition) is 3. The van der Waals surface area contributed by atoms with Gasteiger partial charge in [-0.3, -0.25) is 4.98 Å². The Kier molecular flexibility index (Phi) is 3.82. The molecular formula is C11H13BrFNO2S. The fraction of sp³-hybridized carbons (Fsp3) is 0.545. The highest BCUT2D eigenvalue weighted by atomic mass is 79.9. The van der Waals surface area contributed by atoms with Crippen molar-refractivity contribution in [2.45, 2.75) is 36.7 Å². The molecule has 0 atom stereocenters. The minimum Gasteiger partial charge on any atom is -0.256 e. The summed E-state index contributed by atoms with van der Waals surface area (Å²) < 4.78 is 38.1. The molecule has 6 heteroatoms. The Labute approximate surface area is 108 Å². The van der Waals surface area contributed by atoms with Crippen LogP contribution in [0.5, 0.6) is 0 Å². The quantitative estimate of drug-likeness (QED) is 0.860. The van der Waals surface area contributed by atoms with Crippen LogP contribution in [0.2, 0.25) is 0 Å². The zero-order valence-electron chi connectivity index (χ0n) is 9.20. The summed E-state index contributed by atoms with van der Waals surface area (Å²) in [5.41, 5.74) is 0.0140. The van der Waals surface area contributed by atoms with Gasteiger partial charge in [-0.1, -0.05) is 12.8 Å². The number of sulfone groups is 1. The standard InChI is InChI=1S/C11H13BrFNO2S/c12-8-5-10(13)11(14-6-8)7-17(15,16)9-3-1-2-4-9/h5-6,9H,1-4,7H2. The Bertz CT molecular complexity index is 512. The average Bonchev–Trinajstić information content (AvgIpc) is 2.76. The maximum Gasteiger partial charge on any atom is 0.158 e. The molecule has 3 nitrogen and oxygen atoms in total. The summed E-state index contributed by atoms with van der Waals surface area (Å²) in [6.45, 7) is 0. The Morgan fingerprint density at radius 2 is 2.06 bits per heavy atom. The first-order valence-electron chi connectivity index (χ1n) is 5.50. The van der Waals surface area contributed by atoms with Gasteiger partial charge in [-0.2, -0.15) is 0 Å². The lowest BCUT2D eigenvalue weighted by molar-refractivity contribution is 0.569. The molecule has 1 aliphatic rings. The SMILES string of the molecule is O=S(=O)(Cc1ncc(Br)cc1F)C1CCCC1. The Morgan fingerprint density at radius 1 is 1.41 bits per heavy atom. The molecule has 0 saturated heterocycles. The predicted octanol–water partition coefficient (Wildman–Crippen LogP) is 2.84. The Morgan fingerprint density at radius 3 is 2.65 bits per heavy atom. The average molecular weight is 322 g/mol. The van der Waals surface area contributed by atoms with Gasteiger partial charge in [0.2, 0.25) is 0 Å². The summed E-state index contributed by atoms with van der Waals surface area (Å²) >= 11 is 3.09. The van der Waals surface area contributed by atoms with Gasteiger partial charge in [0, 0.05) is 10.7 Å². The van der Waals surface area contributed by atoms with Crippen molar-refractivity contribution in [2.75, 3.05) is 0 Å². The zero-order chi connectivity index (χ0) is 12.5. The van der Waals surface area contributed by atoms with E-state index in [4.69, 9.17) is 0 Å². The van der Waals surface area contributed by atoms with E-state index in [0.717, 1.165) is 12.8 Å². The molecule has 0 spiro atoms. The third-order valence-electron chi connectivity index (χ3n) is 3.03. The molecule has 0 radical (unpaired) electrons. The van der Waals surface area contributed by atoms with Crippen molar-refractivity contribution < 1.29 is 12.8 Å². The molecule has 0 N–H and O–H groups in total. The number of pyridine rings is 1. The van der Waals surface area contributed by atoms with Gasteiger partial charge < -0.3 is 0 Å². The molecule has 94 valence electrons. The van der Waals surface area contributed by atoms with Crippen LogP contribution in [0.1, 0.15) is 31.4 Å². The lowest BCUT2D eigenvalue weighted by Gasteiger charge is -2.10. The van der Waals surface area contributed by atoms with E-state index in [1.165, 1.54) is 12.3 Å². The van der Waals surface area contributed by atoms with Gasteiger partial charge >= 0.3 is 0 Å². The van der Waals surface area contributed by atoms with Crippen LogP contribution in [0.4, 0.5) is 4.39 Å². The van der Waals surface area contributed by atoms with Crippen molar-refractivity contribution in [3.63, 3.8) is 0 Å². The first kappa shape index (κ1) is 13.0.